The molecule has 1 aliphatic heterocycles. The SMILES string of the molecule is c1ccc(-n2ncc(C3CC3)c2C2CCCNC2)cc1. The number of hydrogen-bond donors (Lipinski definition) is 1. The molecule has 0 spiro atoms. The van der Waals surface area contributed by atoms with Gasteiger partial charge in [0, 0.05) is 12.5 Å². The van der Waals surface area contributed by atoms with Crippen molar-refractivity contribution < 1.29 is 0 Å². The van der Waals surface area contributed by atoms with Crippen LogP contribution in [0.3, 0.4) is 0 Å². The van der Waals surface area contributed by atoms with Crippen molar-refractivity contribution >= 4 is 0 Å². The van der Waals surface area contributed by atoms with E-state index in [4.69, 9.17) is 5.10 Å². The third-order valence-corrected chi connectivity index (χ3v) is 4.54. The van der Waals surface area contributed by atoms with Crippen molar-refractivity contribution in [3.8, 4) is 5.69 Å². The number of rotatable bonds is 3. The molecule has 1 saturated heterocycles. The first-order chi connectivity index (χ1) is 9.93. The molecule has 0 amide bonds. The van der Waals surface area contributed by atoms with E-state index in [9.17, 15) is 0 Å². The minimum absolute atomic E-state index is 0.613. The summed E-state index contributed by atoms with van der Waals surface area (Å²) in [6.07, 6.45) is 7.36. The van der Waals surface area contributed by atoms with Gasteiger partial charge in [0.2, 0.25) is 0 Å². The minimum atomic E-state index is 0.613. The maximum absolute atomic E-state index is 4.71. The van der Waals surface area contributed by atoms with Crippen molar-refractivity contribution in [1.29, 1.82) is 0 Å². The van der Waals surface area contributed by atoms with Gasteiger partial charge in [-0.2, -0.15) is 5.10 Å². The average molecular weight is 267 g/mol. The molecule has 0 radical (unpaired) electrons. The molecular weight excluding hydrogens is 246 g/mol. The highest BCUT2D eigenvalue weighted by Crippen LogP contribution is 2.44. The van der Waals surface area contributed by atoms with Crippen LogP contribution < -0.4 is 5.32 Å². The van der Waals surface area contributed by atoms with Crippen LogP contribution in [0.15, 0.2) is 36.5 Å². The van der Waals surface area contributed by atoms with Crippen molar-refractivity contribution in [3.63, 3.8) is 0 Å². The first-order valence-electron chi connectivity index (χ1n) is 7.77. The molecule has 1 aromatic carbocycles. The molecule has 3 heteroatoms. The highest BCUT2D eigenvalue weighted by atomic mass is 15.3. The van der Waals surface area contributed by atoms with Crippen molar-refractivity contribution in [2.75, 3.05) is 13.1 Å². The van der Waals surface area contributed by atoms with Crippen LogP contribution in [0.2, 0.25) is 0 Å². The summed E-state index contributed by atoms with van der Waals surface area (Å²) in [5.74, 6) is 1.38. The number of aromatic nitrogens is 2. The van der Waals surface area contributed by atoms with Gasteiger partial charge in [-0.15, -0.1) is 0 Å². The summed E-state index contributed by atoms with van der Waals surface area (Å²) in [6.45, 7) is 2.26. The monoisotopic (exact) mass is 267 g/mol. The van der Waals surface area contributed by atoms with E-state index in [-0.39, 0.29) is 0 Å². The van der Waals surface area contributed by atoms with Crippen molar-refractivity contribution in [1.82, 2.24) is 15.1 Å². The third-order valence-electron chi connectivity index (χ3n) is 4.54. The summed E-state index contributed by atoms with van der Waals surface area (Å²) in [5, 5.41) is 8.26. The predicted octanol–water partition coefficient (Wildman–Crippen LogP) is 3.22. The summed E-state index contributed by atoms with van der Waals surface area (Å²) in [5.41, 5.74) is 4.16. The Kier molecular flexibility index (Phi) is 3.07. The Morgan fingerprint density at radius 2 is 1.90 bits per heavy atom. The van der Waals surface area contributed by atoms with Gasteiger partial charge >= 0.3 is 0 Å². The van der Waals surface area contributed by atoms with E-state index in [1.165, 1.54) is 42.6 Å². The summed E-state index contributed by atoms with van der Waals surface area (Å²) < 4.78 is 2.19. The molecule has 2 heterocycles. The number of para-hydroxylation sites is 1. The molecule has 1 aromatic heterocycles. The molecule has 3 nitrogen and oxygen atoms in total. The third kappa shape index (κ3) is 2.16. The number of piperidine rings is 1. The Morgan fingerprint density at radius 1 is 1.05 bits per heavy atom. The van der Waals surface area contributed by atoms with E-state index in [0.717, 1.165) is 19.0 Å². The van der Waals surface area contributed by atoms with Gasteiger partial charge in [-0.1, -0.05) is 18.2 Å². The van der Waals surface area contributed by atoms with Crippen LogP contribution in [-0.2, 0) is 0 Å². The normalized spacial score (nSPS) is 22.9. The Labute approximate surface area is 120 Å². The van der Waals surface area contributed by atoms with E-state index >= 15 is 0 Å². The summed E-state index contributed by atoms with van der Waals surface area (Å²) in [4.78, 5) is 0. The molecule has 4 rings (SSSR count). The highest BCUT2D eigenvalue weighted by Gasteiger charge is 2.32. The van der Waals surface area contributed by atoms with Crippen molar-refractivity contribution in [3.05, 3.63) is 47.8 Å². The summed E-state index contributed by atoms with van der Waals surface area (Å²) in [6, 6.07) is 10.6. The van der Waals surface area contributed by atoms with Gasteiger partial charge in [0.1, 0.15) is 0 Å². The van der Waals surface area contributed by atoms with Gasteiger partial charge in [0.05, 0.1) is 17.6 Å². The van der Waals surface area contributed by atoms with Crippen LogP contribution in [0.5, 0.6) is 0 Å². The van der Waals surface area contributed by atoms with E-state index in [1.54, 1.807) is 0 Å². The highest BCUT2D eigenvalue weighted by molar-refractivity contribution is 5.39. The van der Waals surface area contributed by atoms with E-state index in [2.05, 4.69) is 46.5 Å². The number of nitrogens with zero attached hydrogens (tertiary/aromatic N) is 2. The second-order valence-corrected chi connectivity index (χ2v) is 6.05. The van der Waals surface area contributed by atoms with Gasteiger partial charge in [-0.25, -0.2) is 4.68 Å². The fourth-order valence-corrected chi connectivity index (χ4v) is 3.35. The number of nitrogens with one attached hydrogen (secondary N) is 1. The fraction of sp³-hybridized carbons (Fsp3) is 0.471. The molecule has 1 saturated carbocycles. The zero-order valence-electron chi connectivity index (χ0n) is 11.8. The molecule has 20 heavy (non-hydrogen) atoms. The Hall–Kier alpha value is -1.61. The Bertz CT molecular complexity index is 578. The summed E-state index contributed by atoms with van der Waals surface area (Å²) in [7, 11) is 0. The Morgan fingerprint density at radius 3 is 2.60 bits per heavy atom. The molecular formula is C17H21N3. The maximum atomic E-state index is 4.71. The quantitative estimate of drug-likeness (QED) is 0.925. The van der Waals surface area contributed by atoms with Gasteiger partial charge in [-0.3, -0.25) is 0 Å². The predicted molar refractivity (Wildman–Crippen MR) is 80.4 cm³/mol. The second-order valence-electron chi connectivity index (χ2n) is 6.05. The zero-order chi connectivity index (χ0) is 13.4. The van der Waals surface area contributed by atoms with Crippen LogP contribution in [0.25, 0.3) is 5.69 Å². The maximum Gasteiger partial charge on any atom is 0.0649 e. The zero-order valence-corrected chi connectivity index (χ0v) is 11.8. The molecule has 1 unspecified atom stereocenters. The minimum Gasteiger partial charge on any atom is -0.316 e. The smallest absolute Gasteiger partial charge is 0.0649 e. The molecule has 2 aliphatic rings. The lowest BCUT2D eigenvalue weighted by Gasteiger charge is -2.25. The molecule has 1 aliphatic carbocycles. The molecule has 1 N–H and O–H groups in total. The largest absolute Gasteiger partial charge is 0.316 e. The lowest BCUT2D eigenvalue weighted by molar-refractivity contribution is 0.445. The van der Waals surface area contributed by atoms with E-state index in [1.807, 2.05) is 0 Å². The lowest BCUT2D eigenvalue weighted by atomic mass is 9.92. The van der Waals surface area contributed by atoms with Crippen LogP contribution in [-0.4, -0.2) is 22.9 Å². The summed E-state index contributed by atoms with van der Waals surface area (Å²) >= 11 is 0. The van der Waals surface area contributed by atoms with E-state index in [0.29, 0.717) is 5.92 Å². The average Bonchev–Trinajstić information content (AvgIpc) is 3.27. The molecule has 104 valence electrons. The molecule has 2 aromatic rings. The number of hydrogen-bond acceptors (Lipinski definition) is 2. The number of benzene rings is 1. The molecule has 1 atom stereocenters. The van der Waals surface area contributed by atoms with Gasteiger partial charge in [0.15, 0.2) is 0 Å². The van der Waals surface area contributed by atoms with Gasteiger partial charge < -0.3 is 5.32 Å². The van der Waals surface area contributed by atoms with Crippen molar-refractivity contribution in [2.45, 2.75) is 37.5 Å². The molecule has 0 bridgehead atoms. The van der Waals surface area contributed by atoms with Crippen molar-refractivity contribution in [2.24, 2.45) is 0 Å². The second kappa shape index (κ2) is 5.06. The van der Waals surface area contributed by atoms with Crippen LogP contribution in [0, 0.1) is 0 Å². The molecule has 2 fully saturated rings. The lowest BCUT2D eigenvalue weighted by Crippen LogP contribution is -2.30. The standard InChI is InChI=1S/C17H21N3/c1-2-6-15(7-3-1)20-17(14-5-4-10-18-11-14)16(12-19-20)13-8-9-13/h1-3,6-7,12-14,18H,4-5,8-11H2. The first-order valence-corrected chi connectivity index (χ1v) is 7.77. The van der Waals surface area contributed by atoms with Crippen LogP contribution >= 0.6 is 0 Å². The van der Waals surface area contributed by atoms with Gasteiger partial charge in [0.25, 0.3) is 0 Å². The van der Waals surface area contributed by atoms with E-state index < -0.39 is 0 Å². The van der Waals surface area contributed by atoms with Gasteiger partial charge in [-0.05, 0) is 55.8 Å². The topological polar surface area (TPSA) is 29.9 Å². The fourth-order valence-electron chi connectivity index (χ4n) is 3.35. The van der Waals surface area contributed by atoms with Crippen LogP contribution in [0.4, 0.5) is 0 Å². The first kappa shape index (κ1) is 12.2. The Balaban J connectivity index is 1.78. The van der Waals surface area contributed by atoms with Crippen LogP contribution in [0.1, 0.15) is 48.8 Å².